The number of aromatic nitrogens is 2. The van der Waals surface area contributed by atoms with Crippen LogP contribution in [0.1, 0.15) is 46.3 Å². The van der Waals surface area contributed by atoms with Crippen LogP contribution in [-0.4, -0.2) is 26.8 Å². The monoisotopic (exact) mass is 305 g/mol. The second-order valence-corrected chi connectivity index (χ2v) is 5.19. The van der Waals surface area contributed by atoms with E-state index in [4.69, 9.17) is 5.11 Å². The average molecular weight is 305 g/mol. The van der Waals surface area contributed by atoms with Crippen molar-refractivity contribution in [2.45, 2.75) is 19.8 Å². The highest BCUT2D eigenvalue weighted by Gasteiger charge is 2.17. The summed E-state index contributed by atoms with van der Waals surface area (Å²) in [6.45, 7) is 3.93. The summed E-state index contributed by atoms with van der Waals surface area (Å²) in [5, 5.41) is 15.3. The number of nitrogens with zero attached hydrogens (tertiary/aromatic N) is 2. The molecule has 1 heterocycles. The number of hydrogen-bond acceptors (Lipinski definition) is 3. The van der Waals surface area contributed by atoms with E-state index in [2.05, 4.69) is 10.4 Å². The predicted octanol–water partition coefficient (Wildman–Crippen LogP) is 2.63. The number of amides is 1. The lowest BCUT2D eigenvalue weighted by Crippen LogP contribution is -2.14. The van der Waals surface area contributed by atoms with Crippen molar-refractivity contribution in [3.05, 3.63) is 47.0 Å². The first-order valence-corrected chi connectivity index (χ1v) is 6.67. The van der Waals surface area contributed by atoms with Crippen LogP contribution in [0, 0.1) is 5.82 Å². The predicted molar refractivity (Wildman–Crippen MR) is 78.6 cm³/mol. The van der Waals surface area contributed by atoms with Crippen molar-refractivity contribution in [3.63, 3.8) is 0 Å². The van der Waals surface area contributed by atoms with E-state index >= 15 is 0 Å². The number of carboxylic acids is 1. The molecule has 0 atom stereocenters. The minimum absolute atomic E-state index is 0.111. The molecule has 0 unspecified atom stereocenters. The lowest BCUT2D eigenvalue weighted by Gasteiger charge is -2.05. The van der Waals surface area contributed by atoms with E-state index in [-0.39, 0.29) is 22.9 Å². The number of rotatable bonds is 4. The SMILES string of the molecule is CC(C)c1cc(C(=O)Nc2cc(C(=O)O)ccc2F)nn1C. The van der Waals surface area contributed by atoms with Crippen LogP contribution in [0.5, 0.6) is 0 Å². The van der Waals surface area contributed by atoms with Gasteiger partial charge < -0.3 is 10.4 Å². The summed E-state index contributed by atoms with van der Waals surface area (Å²) in [6.07, 6.45) is 0. The Balaban J connectivity index is 2.27. The maximum atomic E-state index is 13.7. The van der Waals surface area contributed by atoms with Gasteiger partial charge >= 0.3 is 5.97 Å². The van der Waals surface area contributed by atoms with E-state index in [0.717, 1.165) is 23.9 Å². The number of hydrogen-bond donors (Lipinski definition) is 2. The minimum Gasteiger partial charge on any atom is -0.478 e. The lowest BCUT2D eigenvalue weighted by molar-refractivity contribution is 0.0696. The second-order valence-electron chi connectivity index (χ2n) is 5.19. The van der Waals surface area contributed by atoms with Crippen molar-refractivity contribution in [1.29, 1.82) is 0 Å². The van der Waals surface area contributed by atoms with Gasteiger partial charge in [-0.15, -0.1) is 0 Å². The zero-order valence-corrected chi connectivity index (χ0v) is 12.4. The van der Waals surface area contributed by atoms with Gasteiger partial charge in [-0.2, -0.15) is 5.10 Å². The molecule has 6 nitrogen and oxygen atoms in total. The van der Waals surface area contributed by atoms with E-state index in [9.17, 15) is 14.0 Å². The van der Waals surface area contributed by atoms with Gasteiger partial charge in [0.15, 0.2) is 5.69 Å². The molecule has 7 heteroatoms. The van der Waals surface area contributed by atoms with Gasteiger partial charge in [-0.05, 0) is 30.2 Å². The van der Waals surface area contributed by atoms with Crippen LogP contribution >= 0.6 is 0 Å². The van der Waals surface area contributed by atoms with Crippen LogP contribution in [0.3, 0.4) is 0 Å². The molecule has 116 valence electrons. The van der Waals surface area contributed by atoms with E-state index in [1.165, 1.54) is 0 Å². The summed E-state index contributed by atoms with van der Waals surface area (Å²) in [5.74, 6) is -2.32. The summed E-state index contributed by atoms with van der Waals surface area (Å²) in [7, 11) is 1.72. The van der Waals surface area contributed by atoms with Crippen LogP contribution in [0.25, 0.3) is 0 Å². The van der Waals surface area contributed by atoms with E-state index in [1.54, 1.807) is 17.8 Å². The number of aromatic carboxylic acids is 1. The third-order valence-electron chi connectivity index (χ3n) is 3.20. The fraction of sp³-hybridized carbons (Fsp3) is 0.267. The zero-order chi connectivity index (χ0) is 16.4. The standard InChI is InChI=1S/C15H16FN3O3/c1-8(2)13-7-12(18-19(13)3)14(20)17-11-6-9(15(21)22)4-5-10(11)16/h4-8H,1-3H3,(H,17,20)(H,21,22). The normalized spacial score (nSPS) is 10.8. The number of aryl methyl sites for hydroxylation is 1. The highest BCUT2D eigenvalue weighted by Crippen LogP contribution is 2.19. The van der Waals surface area contributed by atoms with Gasteiger partial charge in [0.1, 0.15) is 5.82 Å². The summed E-state index contributed by atoms with van der Waals surface area (Å²) in [4.78, 5) is 23.0. The second kappa shape index (κ2) is 5.97. The third-order valence-corrected chi connectivity index (χ3v) is 3.20. The van der Waals surface area contributed by atoms with Gasteiger partial charge in [0.05, 0.1) is 11.3 Å². The number of carbonyl (C=O) groups is 2. The number of carbonyl (C=O) groups excluding carboxylic acids is 1. The first-order valence-electron chi connectivity index (χ1n) is 6.67. The molecule has 0 spiro atoms. The van der Waals surface area contributed by atoms with Crippen LogP contribution in [0.2, 0.25) is 0 Å². The van der Waals surface area contributed by atoms with Crippen molar-refractivity contribution in [1.82, 2.24) is 9.78 Å². The molecule has 2 rings (SSSR count). The number of anilines is 1. The number of benzene rings is 1. The molecule has 1 aromatic carbocycles. The van der Waals surface area contributed by atoms with E-state index in [0.29, 0.717) is 0 Å². The molecular formula is C15H16FN3O3. The van der Waals surface area contributed by atoms with Gasteiger partial charge in [-0.25, -0.2) is 9.18 Å². The lowest BCUT2D eigenvalue weighted by atomic mass is 10.1. The first-order chi connectivity index (χ1) is 10.3. The molecule has 0 fully saturated rings. The summed E-state index contributed by atoms with van der Waals surface area (Å²) in [5.41, 5.74) is 0.707. The molecule has 0 bridgehead atoms. The van der Waals surface area contributed by atoms with Gasteiger partial charge in [0.2, 0.25) is 0 Å². The number of halogens is 1. The first kappa shape index (κ1) is 15.7. The Kier molecular flexibility index (Phi) is 4.25. The third kappa shape index (κ3) is 3.13. The molecule has 0 aliphatic carbocycles. The summed E-state index contributed by atoms with van der Waals surface area (Å²) >= 11 is 0. The molecule has 2 N–H and O–H groups in total. The molecule has 1 amide bonds. The Morgan fingerprint density at radius 3 is 2.55 bits per heavy atom. The van der Waals surface area contributed by atoms with E-state index < -0.39 is 17.7 Å². The van der Waals surface area contributed by atoms with Gasteiger partial charge in [0, 0.05) is 12.7 Å². The Bertz CT molecular complexity index is 738. The van der Waals surface area contributed by atoms with Crippen molar-refractivity contribution in [3.8, 4) is 0 Å². The average Bonchev–Trinajstić information content (AvgIpc) is 2.83. The molecule has 1 aromatic heterocycles. The molecule has 0 saturated heterocycles. The summed E-state index contributed by atoms with van der Waals surface area (Å²) < 4.78 is 15.3. The molecule has 0 saturated carbocycles. The fourth-order valence-electron chi connectivity index (χ4n) is 2.07. The molecule has 0 aliphatic rings. The highest BCUT2D eigenvalue weighted by atomic mass is 19.1. The maximum Gasteiger partial charge on any atom is 0.335 e. The van der Waals surface area contributed by atoms with Crippen molar-refractivity contribution in [2.24, 2.45) is 7.05 Å². The Morgan fingerprint density at radius 2 is 2.00 bits per heavy atom. The number of carboxylic acid groups (broad SMARTS) is 1. The van der Waals surface area contributed by atoms with Crippen LogP contribution in [0.4, 0.5) is 10.1 Å². The Hall–Kier alpha value is -2.70. The summed E-state index contributed by atoms with van der Waals surface area (Å²) in [6, 6.07) is 4.82. The smallest absolute Gasteiger partial charge is 0.335 e. The largest absolute Gasteiger partial charge is 0.478 e. The number of nitrogens with one attached hydrogen (secondary N) is 1. The Labute approximate surface area is 126 Å². The van der Waals surface area contributed by atoms with Gasteiger partial charge in [0.25, 0.3) is 5.91 Å². The highest BCUT2D eigenvalue weighted by molar-refractivity contribution is 6.03. The fourth-order valence-corrected chi connectivity index (χ4v) is 2.07. The zero-order valence-electron chi connectivity index (χ0n) is 12.4. The van der Waals surface area contributed by atoms with Gasteiger partial charge in [-0.3, -0.25) is 9.48 Å². The van der Waals surface area contributed by atoms with Crippen LogP contribution < -0.4 is 5.32 Å². The van der Waals surface area contributed by atoms with Crippen molar-refractivity contribution < 1.29 is 19.1 Å². The van der Waals surface area contributed by atoms with Gasteiger partial charge in [-0.1, -0.05) is 13.8 Å². The Morgan fingerprint density at radius 1 is 1.32 bits per heavy atom. The topological polar surface area (TPSA) is 84.2 Å². The quantitative estimate of drug-likeness (QED) is 0.909. The van der Waals surface area contributed by atoms with Crippen LogP contribution in [-0.2, 0) is 7.05 Å². The van der Waals surface area contributed by atoms with E-state index in [1.807, 2.05) is 13.8 Å². The minimum atomic E-state index is -1.20. The van der Waals surface area contributed by atoms with Crippen molar-refractivity contribution in [2.75, 3.05) is 5.32 Å². The maximum absolute atomic E-state index is 13.7. The molecule has 22 heavy (non-hydrogen) atoms. The van der Waals surface area contributed by atoms with Crippen LogP contribution in [0.15, 0.2) is 24.3 Å². The molecule has 2 aromatic rings. The molecule has 0 aliphatic heterocycles. The molecular weight excluding hydrogens is 289 g/mol. The van der Waals surface area contributed by atoms with Crippen molar-refractivity contribution >= 4 is 17.6 Å². The molecule has 0 radical (unpaired) electrons.